The minimum atomic E-state index is -3.94. The van der Waals surface area contributed by atoms with Crippen LogP contribution in [0.2, 0.25) is 0 Å². The second kappa shape index (κ2) is 11.8. The molecule has 13 heteroatoms. The summed E-state index contributed by atoms with van der Waals surface area (Å²) in [6.45, 7) is 0.944. The molecule has 0 radical (unpaired) electrons. The average molecular weight is 537 g/mol. The van der Waals surface area contributed by atoms with E-state index in [4.69, 9.17) is 14.7 Å². The fourth-order valence-corrected chi connectivity index (χ4v) is 5.54. The van der Waals surface area contributed by atoms with E-state index in [1.54, 1.807) is 29.2 Å². The SMILES string of the molecule is COC(=O)C(CNS(=O)(=O)c1ccc(OCc2ccc(C#N)cc2)cc1)N1CCN(S(C)(=O)=O)CC1. The Kier molecular flexibility index (Phi) is 9.04. The number of ether oxygens (including phenoxy) is 2. The van der Waals surface area contributed by atoms with Crippen LogP contribution in [0, 0.1) is 11.3 Å². The lowest BCUT2D eigenvalue weighted by atomic mass is 10.2. The molecule has 2 aromatic carbocycles. The molecule has 1 aliphatic rings. The van der Waals surface area contributed by atoms with Gasteiger partial charge < -0.3 is 9.47 Å². The van der Waals surface area contributed by atoms with Gasteiger partial charge in [-0.3, -0.25) is 9.69 Å². The van der Waals surface area contributed by atoms with Crippen molar-refractivity contribution in [1.29, 1.82) is 5.26 Å². The second-order valence-corrected chi connectivity index (χ2v) is 11.9. The molecule has 0 bridgehead atoms. The number of nitriles is 1. The first-order valence-corrected chi connectivity index (χ1v) is 14.3. The average Bonchev–Trinajstić information content (AvgIpc) is 2.87. The molecule has 0 aliphatic carbocycles. The number of hydrogen-bond acceptors (Lipinski definition) is 9. The Morgan fingerprint density at radius 2 is 1.64 bits per heavy atom. The molecule has 1 fully saturated rings. The van der Waals surface area contributed by atoms with Gasteiger partial charge in [-0.15, -0.1) is 0 Å². The molecule has 0 amide bonds. The van der Waals surface area contributed by atoms with Crippen molar-refractivity contribution in [3.8, 4) is 11.8 Å². The van der Waals surface area contributed by atoms with Gasteiger partial charge >= 0.3 is 5.97 Å². The van der Waals surface area contributed by atoms with Gasteiger partial charge in [-0.1, -0.05) is 12.1 Å². The van der Waals surface area contributed by atoms with E-state index in [-0.39, 0.29) is 44.2 Å². The number of benzene rings is 2. The zero-order valence-corrected chi connectivity index (χ0v) is 21.6. The topological polar surface area (TPSA) is 146 Å². The molecule has 11 nitrogen and oxygen atoms in total. The molecule has 1 saturated heterocycles. The van der Waals surface area contributed by atoms with Crippen molar-refractivity contribution < 1.29 is 31.1 Å². The lowest BCUT2D eigenvalue weighted by molar-refractivity contribution is -0.147. The van der Waals surface area contributed by atoms with Gasteiger partial charge in [-0.25, -0.2) is 21.6 Å². The third-order valence-corrected chi connectivity index (χ3v) is 8.49. The largest absolute Gasteiger partial charge is 0.489 e. The zero-order valence-electron chi connectivity index (χ0n) is 20.0. The van der Waals surface area contributed by atoms with Crippen LogP contribution in [0.4, 0.5) is 0 Å². The molecule has 2 aromatic rings. The highest BCUT2D eigenvalue weighted by molar-refractivity contribution is 7.89. The highest BCUT2D eigenvalue weighted by Crippen LogP contribution is 2.18. The third kappa shape index (κ3) is 7.25. The van der Waals surface area contributed by atoms with Crippen molar-refractivity contribution in [3.05, 3.63) is 59.7 Å². The maximum atomic E-state index is 12.8. The molecule has 0 aromatic heterocycles. The number of carbonyl (C=O) groups is 1. The molecule has 0 spiro atoms. The van der Waals surface area contributed by atoms with Crippen molar-refractivity contribution in [2.24, 2.45) is 0 Å². The van der Waals surface area contributed by atoms with Gasteiger partial charge in [0.1, 0.15) is 18.4 Å². The van der Waals surface area contributed by atoms with Gasteiger partial charge in [0, 0.05) is 32.7 Å². The molecule has 1 unspecified atom stereocenters. The number of rotatable bonds is 10. The Labute approximate surface area is 211 Å². The first kappa shape index (κ1) is 27.6. The number of piperazine rings is 1. The van der Waals surface area contributed by atoms with E-state index in [2.05, 4.69) is 4.72 Å². The van der Waals surface area contributed by atoms with Crippen molar-refractivity contribution >= 4 is 26.0 Å². The van der Waals surface area contributed by atoms with Crippen LogP contribution in [0.5, 0.6) is 5.75 Å². The van der Waals surface area contributed by atoms with Crippen LogP contribution in [0.25, 0.3) is 0 Å². The number of hydrogen-bond donors (Lipinski definition) is 1. The summed E-state index contributed by atoms with van der Waals surface area (Å²) in [6.07, 6.45) is 1.12. The second-order valence-electron chi connectivity index (χ2n) is 8.16. The van der Waals surface area contributed by atoms with E-state index in [1.165, 1.54) is 35.7 Å². The summed E-state index contributed by atoms with van der Waals surface area (Å²) in [7, 11) is -6.06. The van der Waals surface area contributed by atoms with E-state index in [0.29, 0.717) is 11.3 Å². The molecule has 1 N–H and O–H groups in total. The Bertz CT molecular complexity index is 1300. The summed E-state index contributed by atoms with van der Waals surface area (Å²) in [5.74, 6) is -0.147. The number of nitrogens with one attached hydrogen (secondary N) is 1. The zero-order chi connectivity index (χ0) is 26.3. The van der Waals surface area contributed by atoms with Gasteiger partial charge in [-0.2, -0.15) is 9.57 Å². The normalized spacial score (nSPS) is 16.1. The first-order chi connectivity index (χ1) is 17.0. The van der Waals surface area contributed by atoms with Crippen molar-refractivity contribution in [2.45, 2.75) is 17.5 Å². The summed E-state index contributed by atoms with van der Waals surface area (Å²) in [4.78, 5) is 14.1. The predicted molar refractivity (Wildman–Crippen MR) is 131 cm³/mol. The standard InChI is InChI=1S/C23H28N4O7S2/c1-33-23(28)22(26-11-13-27(14-12-26)35(2,29)30)16-25-36(31,32)21-9-7-20(8-10-21)34-17-19-5-3-18(15-24)4-6-19/h3-10,22,25H,11-14,16-17H2,1-2H3. The van der Waals surface area contributed by atoms with Crippen LogP contribution in [0.3, 0.4) is 0 Å². The summed E-state index contributed by atoms with van der Waals surface area (Å²) >= 11 is 0. The van der Waals surface area contributed by atoms with Crippen molar-refractivity contribution in [3.63, 3.8) is 0 Å². The lowest BCUT2D eigenvalue weighted by Crippen LogP contribution is -2.56. The molecule has 1 atom stereocenters. The van der Waals surface area contributed by atoms with E-state index < -0.39 is 32.1 Å². The highest BCUT2D eigenvalue weighted by Gasteiger charge is 2.33. The van der Waals surface area contributed by atoms with E-state index >= 15 is 0 Å². The summed E-state index contributed by atoms with van der Waals surface area (Å²) in [6, 6.07) is 13.9. The van der Waals surface area contributed by atoms with Gasteiger partial charge in [0.25, 0.3) is 0 Å². The minimum absolute atomic E-state index is 0.00117. The number of carbonyl (C=O) groups excluding carboxylic acids is 1. The monoisotopic (exact) mass is 536 g/mol. The smallest absolute Gasteiger partial charge is 0.324 e. The van der Waals surface area contributed by atoms with Crippen molar-refractivity contribution in [1.82, 2.24) is 13.9 Å². The van der Waals surface area contributed by atoms with Crippen molar-refractivity contribution in [2.75, 3.05) is 46.1 Å². The molecule has 0 saturated carbocycles. The fourth-order valence-electron chi connectivity index (χ4n) is 3.67. The van der Waals surface area contributed by atoms with E-state index in [9.17, 15) is 21.6 Å². The Hall–Kier alpha value is -3.02. The Balaban J connectivity index is 1.59. The van der Waals surface area contributed by atoms with E-state index in [0.717, 1.165) is 11.8 Å². The van der Waals surface area contributed by atoms with Crippen LogP contribution in [0.1, 0.15) is 11.1 Å². The number of nitrogens with zero attached hydrogens (tertiary/aromatic N) is 3. The first-order valence-electron chi connectivity index (χ1n) is 11.0. The molecule has 36 heavy (non-hydrogen) atoms. The van der Waals surface area contributed by atoms with Crippen LogP contribution < -0.4 is 9.46 Å². The predicted octanol–water partition coefficient (Wildman–Crippen LogP) is 0.534. The fraction of sp³-hybridized carbons (Fsp3) is 0.391. The molecule has 3 rings (SSSR count). The summed E-state index contributed by atoms with van der Waals surface area (Å²) < 4.78 is 63.4. The minimum Gasteiger partial charge on any atom is -0.489 e. The maximum Gasteiger partial charge on any atom is 0.324 e. The summed E-state index contributed by atoms with van der Waals surface area (Å²) in [5, 5.41) is 8.86. The Morgan fingerprint density at radius 3 is 2.17 bits per heavy atom. The van der Waals surface area contributed by atoms with Crippen LogP contribution >= 0.6 is 0 Å². The summed E-state index contributed by atoms with van der Waals surface area (Å²) in [5.41, 5.74) is 1.41. The highest BCUT2D eigenvalue weighted by atomic mass is 32.2. The van der Waals surface area contributed by atoms with Crippen LogP contribution in [-0.4, -0.2) is 84.1 Å². The Morgan fingerprint density at radius 1 is 1.03 bits per heavy atom. The molecule has 1 heterocycles. The van der Waals surface area contributed by atoms with E-state index in [1.807, 2.05) is 6.07 Å². The van der Waals surface area contributed by atoms with Gasteiger partial charge in [0.15, 0.2) is 0 Å². The molecule has 1 aliphatic heterocycles. The van der Waals surface area contributed by atoms with Gasteiger partial charge in [-0.05, 0) is 42.0 Å². The molecular formula is C23H28N4O7S2. The number of sulfonamides is 2. The molecular weight excluding hydrogens is 508 g/mol. The van der Waals surface area contributed by atoms with Crippen LogP contribution in [-0.2, 0) is 36.2 Å². The number of methoxy groups -OCH3 is 1. The number of esters is 1. The lowest BCUT2D eigenvalue weighted by Gasteiger charge is -2.36. The van der Waals surface area contributed by atoms with Gasteiger partial charge in [0.05, 0.1) is 29.9 Å². The maximum absolute atomic E-state index is 12.8. The third-order valence-electron chi connectivity index (χ3n) is 5.75. The van der Waals surface area contributed by atoms with Crippen LogP contribution in [0.15, 0.2) is 53.4 Å². The van der Waals surface area contributed by atoms with Gasteiger partial charge in [0.2, 0.25) is 20.0 Å². The molecule has 194 valence electrons. The quantitative estimate of drug-likeness (QED) is 0.430.